The summed E-state index contributed by atoms with van der Waals surface area (Å²) in [6, 6.07) is 59.7. The number of rotatable bonds is 3. The van der Waals surface area contributed by atoms with Gasteiger partial charge in [0.2, 0.25) is 5.95 Å². The monoisotopic (exact) mass is 661 g/mol. The molecule has 0 saturated carbocycles. The summed E-state index contributed by atoms with van der Waals surface area (Å²) in [5.74, 6) is 1.67. The van der Waals surface area contributed by atoms with Gasteiger partial charge in [-0.15, -0.1) is 0 Å². The predicted molar refractivity (Wildman–Crippen MR) is 206 cm³/mol. The summed E-state index contributed by atoms with van der Waals surface area (Å²) >= 11 is 0. The lowest BCUT2D eigenvalue weighted by Gasteiger charge is -2.30. The van der Waals surface area contributed by atoms with Crippen LogP contribution in [0.1, 0.15) is 27.8 Å². The van der Waals surface area contributed by atoms with E-state index in [9.17, 15) is 5.26 Å². The summed E-state index contributed by atoms with van der Waals surface area (Å²) < 4.78 is 2.20. The van der Waals surface area contributed by atoms with E-state index in [0.717, 1.165) is 32.9 Å². The van der Waals surface area contributed by atoms with Gasteiger partial charge in [-0.2, -0.15) is 15.2 Å². The quantitative estimate of drug-likeness (QED) is 0.189. The minimum atomic E-state index is -0.476. The lowest BCUT2D eigenvalue weighted by Crippen LogP contribution is -2.25. The third-order valence-corrected chi connectivity index (χ3v) is 10.9. The molecule has 0 fully saturated rings. The zero-order chi connectivity index (χ0) is 34.4. The first-order valence-electron chi connectivity index (χ1n) is 17.4. The van der Waals surface area contributed by atoms with Gasteiger partial charge in [-0.05, 0) is 87.0 Å². The number of nitrogens with zero attached hydrogens (tertiary/aromatic N) is 5. The van der Waals surface area contributed by atoms with Crippen molar-refractivity contribution >= 4 is 21.8 Å². The molecule has 52 heavy (non-hydrogen) atoms. The molecule has 0 saturated heterocycles. The van der Waals surface area contributed by atoms with E-state index in [2.05, 4.69) is 120 Å². The maximum atomic E-state index is 9.48. The number of para-hydroxylation sites is 1. The highest BCUT2D eigenvalue weighted by Crippen LogP contribution is 2.63. The summed E-state index contributed by atoms with van der Waals surface area (Å²) in [6.45, 7) is 0. The van der Waals surface area contributed by atoms with Crippen molar-refractivity contribution in [3.63, 3.8) is 0 Å². The lowest BCUT2D eigenvalue weighted by atomic mass is 9.70. The highest BCUT2D eigenvalue weighted by atomic mass is 15.2. The Morgan fingerprint density at radius 1 is 0.442 bits per heavy atom. The van der Waals surface area contributed by atoms with Crippen molar-refractivity contribution in [1.29, 1.82) is 5.26 Å². The van der Waals surface area contributed by atoms with Gasteiger partial charge in [0, 0.05) is 21.9 Å². The molecular formula is C47H27N5. The normalized spacial score (nSPS) is 13.1. The minimum Gasteiger partial charge on any atom is -0.278 e. The first-order valence-corrected chi connectivity index (χ1v) is 17.4. The second-order valence-corrected chi connectivity index (χ2v) is 13.5. The van der Waals surface area contributed by atoms with E-state index in [-0.39, 0.29) is 0 Å². The van der Waals surface area contributed by atoms with Crippen LogP contribution in [0, 0.1) is 11.3 Å². The smallest absolute Gasteiger partial charge is 0.238 e. The van der Waals surface area contributed by atoms with E-state index in [4.69, 9.17) is 15.0 Å². The van der Waals surface area contributed by atoms with Crippen LogP contribution in [0.3, 0.4) is 0 Å². The van der Waals surface area contributed by atoms with Gasteiger partial charge >= 0.3 is 0 Å². The van der Waals surface area contributed by atoms with E-state index < -0.39 is 5.41 Å². The molecule has 0 bridgehead atoms. The molecule has 5 nitrogen and oxygen atoms in total. The maximum Gasteiger partial charge on any atom is 0.238 e. The molecule has 5 heteroatoms. The van der Waals surface area contributed by atoms with Crippen molar-refractivity contribution in [3.8, 4) is 57.0 Å². The molecule has 1 spiro atoms. The highest BCUT2D eigenvalue weighted by Gasteiger charge is 2.51. The Balaban J connectivity index is 1.25. The van der Waals surface area contributed by atoms with Crippen LogP contribution in [0.15, 0.2) is 164 Å². The molecule has 0 N–H and O–H groups in total. The van der Waals surface area contributed by atoms with Gasteiger partial charge in [-0.25, -0.2) is 4.98 Å². The number of benzene rings is 7. The Bertz CT molecular complexity index is 2920. The van der Waals surface area contributed by atoms with Gasteiger partial charge in [0.05, 0.1) is 28.1 Å². The average Bonchev–Trinajstić information content (AvgIpc) is 3.81. The zero-order valence-corrected chi connectivity index (χ0v) is 27.8. The van der Waals surface area contributed by atoms with Gasteiger partial charge in [-0.3, -0.25) is 4.57 Å². The maximum absolute atomic E-state index is 9.48. The minimum absolute atomic E-state index is 0.476. The Hall–Kier alpha value is -7.16. The van der Waals surface area contributed by atoms with Crippen molar-refractivity contribution in [2.75, 3.05) is 0 Å². The van der Waals surface area contributed by atoms with Gasteiger partial charge in [0.15, 0.2) is 11.6 Å². The summed E-state index contributed by atoms with van der Waals surface area (Å²) in [4.78, 5) is 15.3. The number of aromatic nitrogens is 4. The van der Waals surface area contributed by atoms with Crippen molar-refractivity contribution < 1.29 is 0 Å². The molecule has 240 valence electrons. The fourth-order valence-electron chi connectivity index (χ4n) is 8.77. The zero-order valence-electron chi connectivity index (χ0n) is 27.8. The van der Waals surface area contributed by atoms with Crippen molar-refractivity contribution in [2.45, 2.75) is 5.41 Å². The van der Waals surface area contributed by atoms with Crippen LogP contribution in [-0.2, 0) is 5.41 Å². The first-order chi connectivity index (χ1) is 25.7. The summed E-state index contributed by atoms with van der Waals surface area (Å²) in [5.41, 5.74) is 14.1. The van der Waals surface area contributed by atoms with Gasteiger partial charge in [0.1, 0.15) is 0 Å². The summed E-state index contributed by atoms with van der Waals surface area (Å²) in [6.07, 6.45) is 0. The van der Waals surface area contributed by atoms with Crippen LogP contribution in [-0.4, -0.2) is 19.5 Å². The molecule has 0 unspecified atom stereocenters. The van der Waals surface area contributed by atoms with Gasteiger partial charge in [-0.1, -0.05) is 121 Å². The van der Waals surface area contributed by atoms with Gasteiger partial charge < -0.3 is 0 Å². The third kappa shape index (κ3) is 3.78. The molecule has 0 atom stereocenters. The van der Waals surface area contributed by atoms with E-state index in [1.165, 1.54) is 44.5 Å². The third-order valence-electron chi connectivity index (χ3n) is 10.9. The van der Waals surface area contributed by atoms with Crippen LogP contribution in [0.2, 0.25) is 0 Å². The lowest BCUT2D eigenvalue weighted by molar-refractivity contribution is 0.794. The SMILES string of the molecule is N#Cc1ccc(-c2nc(-c3ccccc3)nc(-n3c4ccccc4c4cc5c(cc43)C3(c4ccccc4-c4ccccc43)c3ccccc3-5)n2)cc1. The predicted octanol–water partition coefficient (Wildman–Crippen LogP) is 10.5. The fourth-order valence-corrected chi connectivity index (χ4v) is 8.77. The summed E-state index contributed by atoms with van der Waals surface area (Å²) in [7, 11) is 0. The molecule has 7 aromatic carbocycles. The molecule has 9 aromatic rings. The molecule has 0 aliphatic heterocycles. The number of hydrogen-bond acceptors (Lipinski definition) is 4. The fraction of sp³-hybridized carbons (Fsp3) is 0.0213. The number of fused-ring (bicyclic) bond motifs is 13. The summed E-state index contributed by atoms with van der Waals surface area (Å²) in [5, 5.41) is 11.7. The number of hydrogen-bond donors (Lipinski definition) is 0. The molecule has 0 radical (unpaired) electrons. The Kier molecular flexibility index (Phi) is 5.88. The highest BCUT2D eigenvalue weighted by molar-refractivity contribution is 6.12. The largest absolute Gasteiger partial charge is 0.278 e. The molecule has 2 aromatic heterocycles. The standard InChI is InChI=1S/C47H27N5/c48-28-29-22-24-31(25-23-29)45-49-44(30-12-2-1-3-13-30)50-46(51-45)52-42-21-11-7-17-35(42)37-26-36-34-16-6-10-20-40(34)47(41(36)27-43(37)52)38-18-8-4-14-32(38)33-15-5-9-19-39(33)47/h1-27H. The van der Waals surface area contributed by atoms with Crippen molar-refractivity contribution in [1.82, 2.24) is 19.5 Å². The van der Waals surface area contributed by atoms with E-state index >= 15 is 0 Å². The molecular weight excluding hydrogens is 635 g/mol. The van der Waals surface area contributed by atoms with E-state index in [1.54, 1.807) is 12.1 Å². The molecule has 0 amide bonds. The van der Waals surface area contributed by atoms with Crippen LogP contribution >= 0.6 is 0 Å². The topological polar surface area (TPSA) is 67.4 Å². The van der Waals surface area contributed by atoms with Crippen LogP contribution in [0.5, 0.6) is 0 Å². The second-order valence-electron chi connectivity index (χ2n) is 13.5. The Morgan fingerprint density at radius 2 is 0.981 bits per heavy atom. The van der Waals surface area contributed by atoms with Crippen LogP contribution < -0.4 is 0 Å². The Morgan fingerprint density at radius 3 is 1.62 bits per heavy atom. The van der Waals surface area contributed by atoms with E-state index in [0.29, 0.717) is 23.2 Å². The van der Waals surface area contributed by atoms with Crippen LogP contribution in [0.25, 0.3) is 72.8 Å². The molecule has 2 aliphatic rings. The van der Waals surface area contributed by atoms with E-state index in [1.807, 2.05) is 42.5 Å². The molecule has 2 heterocycles. The van der Waals surface area contributed by atoms with Crippen molar-refractivity contribution in [2.24, 2.45) is 0 Å². The average molecular weight is 662 g/mol. The molecule has 2 aliphatic carbocycles. The van der Waals surface area contributed by atoms with Crippen molar-refractivity contribution in [3.05, 3.63) is 192 Å². The number of nitriles is 1. The van der Waals surface area contributed by atoms with Gasteiger partial charge in [0.25, 0.3) is 0 Å². The second kappa shape index (κ2) is 10.7. The Labute approximate surface area is 299 Å². The first kappa shape index (κ1) is 28.7. The van der Waals surface area contributed by atoms with Crippen LogP contribution in [0.4, 0.5) is 0 Å². The molecule has 11 rings (SSSR count).